The Balaban J connectivity index is 2.22. The monoisotopic (exact) mass is 329 g/mol. The first-order valence-corrected chi connectivity index (χ1v) is 8.37. The van der Waals surface area contributed by atoms with Crippen molar-refractivity contribution in [3.63, 3.8) is 0 Å². The number of non-ortho nitro benzene ring substituents is 1. The molecule has 1 aromatic rings. The number of hydrogen-bond acceptors (Lipinski definition) is 6. The third kappa shape index (κ3) is 3.80. The number of aryl methyl sites for hydroxylation is 1. The summed E-state index contributed by atoms with van der Waals surface area (Å²) in [7, 11) is -3.83. The molecule has 1 heterocycles. The Kier molecular flexibility index (Phi) is 5.12. The number of rotatable bonds is 5. The molecule has 1 fully saturated rings. The highest BCUT2D eigenvalue weighted by atomic mass is 32.2. The summed E-state index contributed by atoms with van der Waals surface area (Å²) in [4.78, 5) is 10.2. The summed E-state index contributed by atoms with van der Waals surface area (Å²) in [6, 6.07) is 2.45. The van der Waals surface area contributed by atoms with E-state index >= 15 is 0 Å². The molecule has 1 atom stereocenters. The minimum absolute atomic E-state index is 0.0667. The Hall–Kier alpha value is -1.55. The molecule has 9 heteroatoms. The summed E-state index contributed by atoms with van der Waals surface area (Å²) in [6.07, 6.45) is -0.247. The number of nitrogens with one attached hydrogen (secondary N) is 2. The van der Waals surface area contributed by atoms with Crippen LogP contribution in [-0.4, -0.2) is 45.7 Å². The van der Waals surface area contributed by atoms with Crippen LogP contribution < -0.4 is 10.0 Å². The Labute approximate surface area is 129 Å². The van der Waals surface area contributed by atoms with E-state index in [1.165, 1.54) is 6.07 Å². The van der Waals surface area contributed by atoms with E-state index in [1.54, 1.807) is 13.8 Å². The molecule has 22 heavy (non-hydrogen) atoms. The van der Waals surface area contributed by atoms with Crippen LogP contribution in [0.5, 0.6) is 0 Å². The van der Waals surface area contributed by atoms with Crippen LogP contribution in [0.3, 0.4) is 0 Å². The van der Waals surface area contributed by atoms with Gasteiger partial charge >= 0.3 is 0 Å². The Morgan fingerprint density at radius 1 is 1.45 bits per heavy atom. The van der Waals surface area contributed by atoms with E-state index in [-0.39, 0.29) is 23.2 Å². The number of nitro groups is 1. The molecule has 1 unspecified atom stereocenters. The van der Waals surface area contributed by atoms with Gasteiger partial charge in [0.05, 0.1) is 22.5 Å². The van der Waals surface area contributed by atoms with Crippen LogP contribution in [0.1, 0.15) is 11.1 Å². The van der Waals surface area contributed by atoms with Crippen molar-refractivity contribution in [1.82, 2.24) is 10.0 Å². The number of nitrogens with zero attached hydrogens (tertiary/aromatic N) is 1. The summed E-state index contributed by atoms with van der Waals surface area (Å²) < 4.78 is 32.7. The lowest BCUT2D eigenvalue weighted by molar-refractivity contribution is -0.385. The van der Waals surface area contributed by atoms with E-state index in [0.717, 1.165) is 12.6 Å². The number of ether oxygens (including phenoxy) is 1. The van der Waals surface area contributed by atoms with Gasteiger partial charge in [-0.15, -0.1) is 0 Å². The molecule has 0 bridgehead atoms. The molecule has 122 valence electrons. The molecule has 1 aliphatic heterocycles. The van der Waals surface area contributed by atoms with Crippen molar-refractivity contribution in [1.29, 1.82) is 0 Å². The largest absolute Gasteiger partial charge is 0.374 e. The molecule has 0 amide bonds. The fourth-order valence-electron chi connectivity index (χ4n) is 2.22. The molecular weight excluding hydrogens is 310 g/mol. The van der Waals surface area contributed by atoms with Crippen molar-refractivity contribution in [2.45, 2.75) is 24.8 Å². The van der Waals surface area contributed by atoms with Crippen molar-refractivity contribution in [2.75, 3.05) is 26.2 Å². The molecule has 0 spiro atoms. The van der Waals surface area contributed by atoms with Gasteiger partial charge in [-0.2, -0.15) is 0 Å². The lowest BCUT2D eigenvalue weighted by Gasteiger charge is -2.23. The summed E-state index contributed by atoms with van der Waals surface area (Å²) in [6.45, 7) is 5.24. The fraction of sp³-hybridized carbons (Fsp3) is 0.538. The van der Waals surface area contributed by atoms with E-state index in [1.807, 2.05) is 0 Å². The quantitative estimate of drug-likeness (QED) is 0.600. The molecule has 1 aromatic carbocycles. The maximum absolute atomic E-state index is 12.4. The van der Waals surface area contributed by atoms with Crippen molar-refractivity contribution in [2.24, 2.45) is 0 Å². The van der Waals surface area contributed by atoms with Gasteiger partial charge in [-0.25, -0.2) is 13.1 Å². The minimum Gasteiger partial charge on any atom is -0.374 e. The number of sulfonamides is 1. The molecule has 1 aliphatic rings. The topological polar surface area (TPSA) is 111 Å². The molecule has 0 aliphatic carbocycles. The van der Waals surface area contributed by atoms with Gasteiger partial charge in [-0.05, 0) is 25.0 Å². The summed E-state index contributed by atoms with van der Waals surface area (Å²) in [5.74, 6) is 0. The zero-order valence-electron chi connectivity index (χ0n) is 12.5. The zero-order chi connectivity index (χ0) is 16.3. The number of benzene rings is 1. The van der Waals surface area contributed by atoms with E-state index in [0.29, 0.717) is 24.3 Å². The van der Waals surface area contributed by atoms with Crippen LogP contribution in [0, 0.1) is 24.0 Å². The number of nitro benzene ring substituents is 1. The third-order valence-corrected chi connectivity index (χ3v) is 5.16. The predicted molar refractivity (Wildman–Crippen MR) is 80.4 cm³/mol. The van der Waals surface area contributed by atoms with E-state index in [2.05, 4.69) is 10.0 Å². The maximum atomic E-state index is 12.4. The molecule has 0 saturated carbocycles. The van der Waals surface area contributed by atoms with Crippen LogP contribution in [0.2, 0.25) is 0 Å². The van der Waals surface area contributed by atoms with Crippen LogP contribution in [-0.2, 0) is 14.8 Å². The average Bonchev–Trinajstić information content (AvgIpc) is 2.48. The Bertz CT molecular complexity index is 668. The highest BCUT2D eigenvalue weighted by molar-refractivity contribution is 7.89. The second-order valence-electron chi connectivity index (χ2n) is 5.19. The molecule has 2 N–H and O–H groups in total. The van der Waals surface area contributed by atoms with Gasteiger partial charge in [0, 0.05) is 31.8 Å². The second kappa shape index (κ2) is 6.69. The molecule has 2 rings (SSSR count). The average molecular weight is 329 g/mol. The summed E-state index contributed by atoms with van der Waals surface area (Å²) in [5.41, 5.74) is 0.824. The standard InChI is InChI=1S/C13H19N3O5S/c1-9-5-11(16(17)18)6-13(10(9)2)22(19,20)15-8-12-7-14-3-4-21-12/h5-6,12,14-15H,3-4,7-8H2,1-2H3. The van der Waals surface area contributed by atoms with E-state index in [9.17, 15) is 18.5 Å². The highest BCUT2D eigenvalue weighted by Crippen LogP contribution is 2.25. The van der Waals surface area contributed by atoms with E-state index in [4.69, 9.17) is 4.74 Å². The summed E-state index contributed by atoms with van der Waals surface area (Å²) >= 11 is 0. The first-order valence-electron chi connectivity index (χ1n) is 6.89. The predicted octanol–water partition coefficient (Wildman–Crippen LogP) is 0.478. The van der Waals surface area contributed by atoms with Crippen LogP contribution in [0.25, 0.3) is 0 Å². The smallest absolute Gasteiger partial charge is 0.271 e. The maximum Gasteiger partial charge on any atom is 0.271 e. The SMILES string of the molecule is Cc1cc([N+](=O)[O-])cc(S(=O)(=O)NCC2CNCCO2)c1C. The van der Waals surface area contributed by atoms with Crippen LogP contribution in [0.4, 0.5) is 5.69 Å². The summed E-state index contributed by atoms with van der Waals surface area (Å²) in [5, 5.41) is 14.0. The van der Waals surface area contributed by atoms with Crippen molar-refractivity contribution in [3.8, 4) is 0 Å². The first kappa shape index (κ1) is 16.8. The Morgan fingerprint density at radius 3 is 2.77 bits per heavy atom. The molecule has 1 saturated heterocycles. The normalized spacial score (nSPS) is 19.1. The second-order valence-corrected chi connectivity index (χ2v) is 6.93. The zero-order valence-corrected chi connectivity index (χ0v) is 13.3. The van der Waals surface area contributed by atoms with Gasteiger partial charge in [0.2, 0.25) is 10.0 Å². The number of hydrogen-bond donors (Lipinski definition) is 2. The number of morpholine rings is 1. The third-order valence-electron chi connectivity index (χ3n) is 3.61. The van der Waals surface area contributed by atoms with Crippen LogP contribution in [0.15, 0.2) is 17.0 Å². The van der Waals surface area contributed by atoms with E-state index < -0.39 is 14.9 Å². The van der Waals surface area contributed by atoms with Crippen molar-refractivity contribution >= 4 is 15.7 Å². The fourth-order valence-corrected chi connectivity index (χ4v) is 3.63. The minimum atomic E-state index is -3.83. The molecule has 0 aromatic heterocycles. The van der Waals surface area contributed by atoms with Gasteiger partial charge in [-0.1, -0.05) is 0 Å². The first-order chi connectivity index (χ1) is 10.3. The van der Waals surface area contributed by atoms with Crippen molar-refractivity contribution in [3.05, 3.63) is 33.4 Å². The highest BCUT2D eigenvalue weighted by Gasteiger charge is 2.24. The van der Waals surface area contributed by atoms with Gasteiger partial charge in [-0.3, -0.25) is 10.1 Å². The van der Waals surface area contributed by atoms with Gasteiger partial charge in [0.15, 0.2) is 0 Å². The lowest BCUT2D eigenvalue weighted by atomic mass is 10.1. The van der Waals surface area contributed by atoms with Gasteiger partial charge in [0.25, 0.3) is 5.69 Å². The Morgan fingerprint density at radius 2 is 2.18 bits per heavy atom. The van der Waals surface area contributed by atoms with Crippen molar-refractivity contribution < 1.29 is 18.1 Å². The molecular formula is C13H19N3O5S. The van der Waals surface area contributed by atoms with Gasteiger partial charge < -0.3 is 10.1 Å². The lowest BCUT2D eigenvalue weighted by Crippen LogP contribution is -2.45. The van der Waals surface area contributed by atoms with Gasteiger partial charge in [0.1, 0.15) is 0 Å². The molecule has 0 radical (unpaired) electrons. The van der Waals surface area contributed by atoms with Crippen LogP contribution >= 0.6 is 0 Å². The molecule has 8 nitrogen and oxygen atoms in total.